The number of hydrogen-bond acceptors (Lipinski definition) is 5. The topological polar surface area (TPSA) is 55.9 Å². The van der Waals surface area contributed by atoms with E-state index in [0.29, 0.717) is 6.54 Å². The van der Waals surface area contributed by atoms with Crippen molar-refractivity contribution in [1.82, 2.24) is 4.90 Å². The molecule has 0 aliphatic carbocycles. The van der Waals surface area contributed by atoms with Crippen LogP contribution in [0.3, 0.4) is 0 Å². The summed E-state index contributed by atoms with van der Waals surface area (Å²) in [6.45, 7) is 9.97. The summed E-state index contributed by atoms with van der Waals surface area (Å²) >= 11 is 1.67. The van der Waals surface area contributed by atoms with Gasteiger partial charge in [0.2, 0.25) is 11.8 Å². The molecule has 0 aromatic heterocycles. The average Bonchev–Trinajstić information content (AvgIpc) is 3.22. The summed E-state index contributed by atoms with van der Waals surface area (Å²) < 4.78 is 0. The monoisotopic (exact) mass is 452 g/mol. The zero-order valence-corrected chi connectivity index (χ0v) is 20.0. The first kappa shape index (κ1) is 22.7. The van der Waals surface area contributed by atoms with Gasteiger partial charge in [-0.1, -0.05) is 6.92 Å². The Morgan fingerprint density at radius 1 is 1.06 bits per heavy atom. The second-order valence-electron chi connectivity index (χ2n) is 8.51. The lowest BCUT2D eigenvalue weighted by molar-refractivity contribution is -0.122. The van der Waals surface area contributed by atoms with Crippen LogP contribution in [0.5, 0.6) is 0 Å². The number of nitrogens with one attached hydrogen (secondary N) is 1. The maximum absolute atomic E-state index is 12.9. The molecule has 1 unspecified atom stereocenters. The molecule has 1 atom stereocenters. The fourth-order valence-electron chi connectivity index (χ4n) is 4.44. The molecule has 32 heavy (non-hydrogen) atoms. The number of aryl methyl sites for hydroxylation is 1. The lowest BCUT2D eigenvalue weighted by atomic mass is 10.1. The van der Waals surface area contributed by atoms with Crippen molar-refractivity contribution in [2.24, 2.45) is 5.92 Å². The van der Waals surface area contributed by atoms with Gasteiger partial charge in [0, 0.05) is 61.1 Å². The van der Waals surface area contributed by atoms with Crippen LogP contribution in [-0.4, -0.2) is 62.2 Å². The third-order valence-electron chi connectivity index (χ3n) is 6.53. The third-order valence-corrected chi connectivity index (χ3v) is 7.28. The molecule has 0 saturated carbocycles. The van der Waals surface area contributed by atoms with Crippen LogP contribution in [0.2, 0.25) is 0 Å². The maximum atomic E-state index is 12.9. The third kappa shape index (κ3) is 4.94. The van der Waals surface area contributed by atoms with Crippen LogP contribution in [0.4, 0.5) is 17.1 Å². The van der Waals surface area contributed by atoms with E-state index in [-0.39, 0.29) is 24.2 Å². The van der Waals surface area contributed by atoms with E-state index in [2.05, 4.69) is 34.2 Å². The number of carbonyl (C=O) groups excluding carboxylic acids is 2. The summed E-state index contributed by atoms with van der Waals surface area (Å²) in [5.74, 6) is -0.432. The van der Waals surface area contributed by atoms with Crippen molar-refractivity contribution in [1.29, 1.82) is 0 Å². The number of amides is 2. The zero-order chi connectivity index (χ0) is 22.7. The van der Waals surface area contributed by atoms with Gasteiger partial charge in [-0.25, -0.2) is 0 Å². The van der Waals surface area contributed by atoms with Gasteiger partial charge in [0.15, 0.2) is 0 Å². The number of piperazine rings is 1. The minimum atomic E-state index is -0.344. The van der Waals surface area contributed by atoms with Crippen LogP contribution in [0.1, 0.15) is 18.9 Å². The second-order valence-corrected chi connectivity index (χ2v) is 9.39. The minimum absolute atomic E-state index is 0.000318. The van der Waals surface area contributed by atoms with E-state index in [0.717, 1.165) is 54.6 Å². The van der Waals surface area contributed by atoms with Gasteiger partial charge in [0.25, 0.3) is 0 Å². The molecule has 2 heterocycles. The highest BCUT2D eigenvalue weighted by atomic mass is 32.2. The van der Waals surface area contributed by atoms with Gasteiger partial charge in [-0.05, 0) is 67.8 Å². The molecule has 4 rings (SSSR count). The Morgan fingerprint density at radius 2 is 1.75 bits per heavy atom. The van der Waals surface area contributed by atoms with Crippen molar-refractivity contribution >= 4 is 40.6 Å². The number of carbonyl (C=O) groups is 2. The highest BCUT2D eigenvalue weighted by Crippen LogP contribution is 2.29. The SMILES string of the molecule is CCN1CCN(c2ccc(NC(=O)C3CC(=O)N(c4ccc(SC)cc4)C3)c(C)c2)CC1. The average molecular weight is 453 g/mol. The Balaban J connectivity index is 1.38. The van der Waals surface area contributed by atoms with Crippen LogP contribution >= 0.6 is 11.8 Å². The summed E-state index contributed by atoms with van der Waals surface area (Å²) in [6.07, 6.45) is 2.27. The van der Waals surface area contributed by atoms with Gasteiger partial charge in [-0.2, -0.15) is 0 Å². The number of likely N-dealkylation sites (N-methyl/N-ethyl adjacent to an activating group) is 1. The zero-order valence-electron chi connectivity index (χ0n) is 19.1. The van der Waals surface area contributed by atoms with Crippen molar-refractivity contribution in [3.63, 3.8) is 0 Å². The fraction of sp³-hybridized carbons (Fsp3) is 0.440. The van der Waals surface area contributed by atoms with Gasteiger partial charge in [0.1, 0.15) is 0 Å². The number of rotatable bonds is 6. The van der Waals surface area contributed by atoms with E-state index in [1.807, 2.05) is 43.5 Å². The summed E-state index contributed by atoms with van der Waals surface area (Å²) in [5, 5.41) is 3.06. The molecule has 2 saturated heterocycles. The van der Waals surface area contributed by atoms with E-state index >= 15 is 0 Å². The molecule has 0 bridgehead atoms. The number of benzene rings is 2. The van der Waals surface area contributed by atoms with Crippen LogP contribution in [0.25, 0.3) is 0 Å². The van der Waals surface area contributed by atoms with Gasteiger partial charge < -0.3 is 20.0 Å². The van der Waals surface area contributed by atoms with Gasteiger partial charge in [-0.3, -0.25) is 9.59 Å². The Bertz CT molecular complexity index is 970. The molecule has 0 radical (unpaired) electrons. The molecule has 2 amide bonds. The summed E-state index contributed by atoms with van der Waals surface area (Å²) in [7, 11) is 0. The van der Waals surface area contributed by atoms with E-state index in [4.69, 9.17) is 0 Å². The number of nitrogens with zero attached hydrogens (tertiary/aromatic N) is 3. The highest BCUT2D eigenvalue weighted by molar-refractivity contribution is 7.98. The molecule has 1 N–H and O–H groups in total. The number of anilines is 3. The first-order valence-electron chi connectivity index (χ1n) is 11.3. The molecule has 2 fully saturated rings. The Labute approximate surface area is 194 Å². The summed E-state index contributed by atoms with van der Waals surface area (Å²) in [4.78, 5) is 33.2. The maximum Gasteiger partial charge on any atom is 0.229 e. The molecular weight excluding hydrogens is 420 g/mol. The fourth-order valence-corrected chi connectivity index (χ4v) is 4.85. The van der Waals surface area contributed by atoms with Crippen molar-refractivity contribution < 1.29 is 9.59 Å². The van der Waals surface area contributed by atoms with E-state index in [1.54, 1.807) is 16.7 Å². The van der Waals surface area contributed by atoms with Crippen LogP contribution < -0.4 is 15.1 Å². The van der Waals surface area contributed by atoms with Gasteiger partial charge >= 0.3 is 0 Å². The molecule has 0 spiro atoms. The van der Waals surface area contributed by atoms with Gasteiger partial charge in [-0.15, -0.1) is 11.8 Å². The highest BCUT2D eigenvalue weighted by Gasteiger charge is 2.35. The van der Waals surface area contributed by atoms with Crippen LogP contribution in [0.15, 0.2) is 47.4 Å². The summed E-state index contributed by atoms with van der Waals surface area (Å²) in [5.41, 5.74) is 3.92. The van der Waals surface area contributed by atoms with Crippen LogP contribution in [0, 0.1) is 12.8 Å². The molecule has 6 nitrogen and oxygen atoms in total. The normalized spacial score (nSPS) is 19.5. The Kier molecular flexibility index (Phi) is 7.06. The Hall–Kier alpha value is -2.51. The predicted molar refractivity (Wildman–Crippen MR) is 133 cm³/mol. The van der Waals surface area contributed by atoms with Crippen molar-refractivity contribution in [3.05, 3.63) is 48.0 Å². The predicted octanol–water partition coefficient (Wildman–Crippen LogP) is 3.85. The number of thioether (sulfide) groups is 1. The molecular formula is C25H32N4O2S. The molecule has 2 aliphatic rings. The summed E-state index contributed by atoms with van der Waals surface area (Å²) in [6, 6.07) is 14.1. The van der Waals surface area contributed by atoms with E-state index in [1.165, 1.54) is 5.69 Å². The smallest absolute Gasteiger partial charge is 0.229 e. The number of hydrogen-bond donors (Lipinski definition) is 1. The van der Waals surface area contributed by atoms with Gasteiger partial charge in [0.05, 0.1) is 5.92 Å². The first-order valence-corrected chi connectivity index (χ1v) is 12.5. The lowest BCUT2D eigenvalue weighted by Gasteiger charge is -2.35. The van der Waals surface area contributed by atoms with Crippen molar-refractivity contribution in [2.45, 2.75) is 25.2 Å². The standard InChI is InChI=1S/C25H32N4O2S/c1-4-27-11-13-28(14-12-27)21-7-10-23(18(2)15-21)26-25(31)19-16-24(30)29(17-19)20-5-8-22(32-3)9-6-20/h5-10,15,19H,4,11-14,16-17H2,1-3H3,(H,26,31). The molecule has 2 aromatic rings. The largest absolute Gasteiger partial charge is 0.369 e. The van der Waals surface area contributed by atoms with Crippen molar-refractivity contribution in [2.75, 3.05) is 60.6 Å². The molecule has 2 aliphatic heterocycles. The first-order chi connectivity index (χ1) is 15.5. The quantitative estimate of drug-likeness (QED) is 0.675. The van der Waals surface area contributed by atoms with Crippen LogP contribution in [-0.2, 0) is 9.59 Å². The Morgan fingerprint density at radius 3 is 2.38 bits per heavy atom. The molecule has 2 aromatic carbocycles. The minimum Gasteiger partial charge on any atom is -0.369 e. The molecule has 7 heteroatoms. The van der Waals surface area contributed by atoms with E-state index in [9.17, 15) is 9.59 Å². The van der Waals surface area contributed by atoms with Crippen molar-refractivity contribution in [3.8, 4) is 0 Å². The van der Waals surface area contributed by atoms with E-state index < -0.39 is 0 Å². The second kappa shape index (κ2) is 9.96. The molecule has 170 valence electrons. The lowest BCUT2D eigenvalue weighted by Crippen LogP contribution is -2.46.